The molecule has 2 heterocycles. The van der Waals surface area contributed by atoms with Crippen molar-refractivity contribution in [1.82, 2.24) is 20.1 Å². The fourth-order valence-corrected chi connectivity index (χ4v) is 3.20. The fraction of sp³-hybridized carbons (Fsp3) is 0.857. The van der Waals surface area contributed by atoms with Crippen molar-refractivity contribution < 1.29 is 0 Å². The van der Waals surface area contributed by atoms with Crippen LogP contribution in [-0.2, 0) is 18.9 Å². The zero-order valence-electron chi connectivity index (χ0n) is 12.0. The van der Waals surface area contributed by atoms with Gasteiger partial charge in [0.15, 0.2) is 5.82 Å². The average Bonchev–Trinajstić information content (AvgIpc) is 2.73. The smallest absolute Gasteiger partial charge is 0.150 e. The molecule has 0 bridgehead atoms. The molecule has 102 valence electrons. The highest BCUT2D eigenvalue weighted by Crippen LogP contribution is 2.36. The Morgan fingerprint density at radius 3 is 2.56 bits per heavy atom. The van der Waals surface area contributed by atoms with Crippen LogP contribution in [0, 0.1) is 0 Å². The van der Waals surface area contributed by atoms with Crippen molar-refractivity contribution in [2.45, 2.75) is 57.8 Å². The number of piperidine rings is 1. The van der Waals surface area contributed by atoms with Gasteiger partial charge < -0.3 is 5.32 Å². The lowest BCUT2D eigenvalue weighted by Crippen LogP contribution is -2.41. The normalized spacial score (nSPS) is 19.1. The maximum absolute atomic E-state index is 4.84. The highest BCUT2D eigenvalue weighted by molar-refractivity contribution is 5.12. The Labute approximate surface area is 110 Å². The van der Waals surface area contributed by atoms with E-state index >= 15 is 0 Å². The topological polar surface area (TPSA) is 42.7 Å². The lowest BCUT2D eigenvalue weighted by Gasteiger charge is -2.36. The molecule has 1 aliphatic rings. The summed E-state index contributed by atoms with van der Waals surface area (Å²) in [6, 6.07) is 0. The van der Waals surface area contributed by atoms with Crippen LogP contribution in [0.3, 0.4) is 0 Å². The summed E-state index contributed by atoms with van der Waals surface area (Å²) in [5, 5.41) is 8.05. The minimum Gasteiger partial charge on any atom is -0.317 e. The second-order valence-corrected chi connectivity index (χ2v) is 5.51. The van der Waals surface area contributed by atoms with E-state index in [1.165, 1.54) is 31.5 Å². The molecule has 0 atom stereocenters. The predicted molar refractivity (Wildman–Crippen MR) is 73.7 cm³/mol. The molecule has 18 heavy (non-hydrogen) atoms. The molecule has 2 rings (SSSR count). The van der Waals surface area contributed by atoms with Gasteiger partial charge >= 0.3 is 0 Å². The highest BCUT2D eigenvalue weighted by atomic mass is 15.3. The van der Waals surface area contributed by atoms with Gasteiger partial charge in [0, 0.05) is 18.9 Å². The van der Waals surface area contributed by atoms with Gasteiger partial charge in [-0.3, -0.25) is 4.68 Å². The summed E-state index contributed by atoms with van der Waals surface area (Å²) in [7, 11) is 2.06. The first-order chi connectivity index (χ1) is 8.72. The van der Waals surface area contributed by atoms with Crippen LogP contribution in [0.2, 0.25) is 0 Å². The van der Waals surface area contributed by atoms with E-state index < -0.39 is 0 Å². The van der Waals surface area contributed by atoms with Crippen molar-refractivity contribution in [3.63, 3.8) is 0 Å². The molecule has 0 radical (unpaired) electrons. The third-order valence-corrected chi connectivity index (χ3v) is 4.04. The second kappa shape index (κ2) is 5.83. The molecule has 1 saturated heterocycles. The summed E-state index contributed by atoms with van der Waals surface area (Å²) in [4.78, 5) is 4.84. The molecule has 1 aliphatic heterocycles. The minimum atomic E-state index is 0.258. The van der Waals surface area contributed by atoms with Gasteiger partial charge in [0.2, 0.25) is 0 Å². The molecule has 4 nitrogen and oxygen atoms in total. The van der Waals surface area contributed by atoms with Crippen molar-refractivity contribution in [1.29, 1.82) is 0 Å². The van der Waals surface area contributed by atoms with E-state index in [0.717, 1.165) is 31.8 Å². The van der Waals surface area contributed by atoms with Crippen molar-refractivity contribution in [3.05, 3.63) is 11.6 Å². The van der Waals surface area contributed by atoms with Crippen LogP contribution >= 0.6 is 0 Å². The number of nitrogens with zero attached hydrogens (tertiary/aromatic N) is 3. The van der Waals surface area contributed by atoms with Crippen molar-refractivity contribution in [2.24, 2.45) is 7.05 Å². The Morgan fingerprint density at radius 1 is 1.22 bits per heavy atom. The SMILES string of the molecule is CCCc1nc(C2(CCC)CCNCC2)n(C)n1. The maximum atomic E-state index is 4.84. The van der Waals surface area contributed by atoms with Crippen molar-refractivity contribution in [3.8, 4) is 0 Å². The molecule has 1 N–H and O–H groups in total. The Balaban J connectivity index is 2.29. The Hall–Kier alpha value is -0.900. The second-order valence-electron chi connectivity index (χ2n) is 5.51. The van der Waals surface area contributed by atoms with Gasteiger partial charge in [0.25, 0.3) is 0 Å². The third-order valence-electron chi connectivity index (χ3n) is 4.04. The van der Waals surface area contributed by atoms with E-state index in [1.54, 1.807) is 0 Å². The molecule has 0 saturated carbocycles. The summed E-state index contributed by atoms with van der Waals surface area (Å²) >= 11 is 0. The van der Waals surface area contributed by atoms with Crippen LogP contribution in [-0.4, -0.2) is 27.9 Å². The van der Waals surface area contributed by atoms with Crippen LogP contribution in [0.1, 0.15) is 57.6 Å². The first-order valence-electron chi connectivity index (χ1n) is 7.33. The van der Waals surface area contributed by atoms with Gasteiger partial charge in [0.05, 0.1) is 0 Å². The molecule has 4 heteroatoms. The number of hydrogen-bond acceptors (Lipinski definition) is 3. The number of hydrogen-bond donors (Lipinski definition) is 1. The van der Waals surface area contributed by atoms with E-state index in [0.29, 0.717) is 0 Å². The molecule has 1 aromatic rings. The standard InChI is InChI=1S/C14H26N4/c1-4-6-12-16-13(18(3)17-12)14(7-5-2)8-10-15-11-9-14/h15H,4-11H2,1-3H3. The predicted octanol–water partition coefficient (Wildman–Crippen LogP) is 2.19. The lowest BCUT2D eigenvalue weighted by molar-refractivity contribution is 0.262. The first kappa shape index (κ1) is 13.5. The monoisotopic (exact) mass is 250 g/mol. The molecular weight excluding hydrogens is 224 g/mol. The molecule has 0 aromatic carbocycles. The fourth-order valence-electron chi connectivity index (χ4n) is 3.20. The number of rotatable bonds is 5. The van der Waals surface area contributed by atoms with Crippen molar-refractivity contribution in [2.75, 3.05) is 13.1 Å². The zero-order chi connectivity index (χ0) is 13.0. The van der Waals surface area contributed by atoms with Gasteiger partial charge in [-0.05, 0) is 38.8 Å². The summed E-state index contributed by atoms with van der Waals surface area (Å²) < 4.78 is 2.03. The van der Waals surface area contributed by atoms with Crippen LogP contribution in [0.4, 0.5) is 0 Å². The molecule has 0 amide bonds. The van der Waals surface area contributed by atoms with E-state index in [1.807, 2.05) is 4.68 Å². The summed E-state index contributed by atoms with van der Waals surface area (Å²) in [5.74, 6) is 2.23. The average molecular weight is 250 g/mol. The van der Waals surface area contributed by atoms with Gasteiger partial charge in [-0.1, -0.05) is 20.3 Å². The Bertz CT molecular complexity index is 372. The Kier molecular flexibility index (Phi) is 4.38. The lowest BCUT2D eigenvalue weighted by atomic mass is 9.74. The van der Waals surface area contributed by atoms with Crippen LogP contribution < -0.4 is 5.32 Å². The van der Waals surface area contributed by atoms with Gasteiger partial charge in [-0.15, -0.1) is 0 Å². The van der Waals surface area contributed by atoms with Crippen LogP contribution in [0.5, 0.6) is 0 Å². The molecule has 0 spiro atoms. The van der Waals surface area contributed by atoms with E-state index in [4.69, 9.17) is 4.98 Å². The van der Waals surface area contributed by atoms with E-state index in [2.05, 4.69) is 31.3 Å². The molecule has 1 fully saturated rings. The number of aryl methyl sites for hydroxylation is 2. The number of aromatic nitrogens is 3. The van der Waals surface area contributed by atoms with Crippen molar-refractivity contribution >= 4 is 0 Å². The molecule has 1 aromatic heterocycles. The molecule has 0 aliphatic carbocycles. The zero-order valence-corrected chi connectivity index (χ0v) is 12.0. The van der Waals surface area contributed by atoms with Gasteiger partial charge in [-0.25, -0.2) is 4.98 Å². The third kappa shape index (κ3) is 2.58. The molecular formula is C14H26N4. The van der Waals surface area contributed by atoms with Gasteiger partial charge in [-0.2, -0.15) is 5.10 Å². The molecule has 0 unspecified atom stereocenters. The first-order valence-corrected chi connectivity index (χ1v) is 7.33. The highest BCUT2D eigenvalue weighted by Gasteiger charge is 2.37. The van der Waals surface area contributed by atoms with Crippen LogP contribution in [0.15, 0.2) is 0 Å². The summed E-state index contributed by atoms with van der Waals surface area (Å²) in [6.45, 7) is 6.67. The van der Waals surface area contributed by atoms with E-state index in [-0.39, 0.29) is 5.41 Å². The maximum Gasteiger partial charge on any atom is 0.150 e. The summed E-state index contributed by atoms with van der Waals surface area (Å²) in [6.07, 6.45) is 6.95. The van der Waals surface area contributed by atoms with E-state index in [9.17, 15) is 0 Å². The number of nitrogens with one attached hydrogen (secondary N) is 1. The minimum absolute atomic E-state index is 0.258. The summed E-state index contributed by atoms with van der Waals surface area (Å²) in [5.41, 5.74) is 0.258. The largest absolute Gasteiger partial charge is 0.317 e. The van der Waals surface area contributed by atoms with Gasteiger partial charge in [0.1, 0.15) is 5.82 Å². The Morgan fingerprint density at radius 2 is 1.94 bits per heavy atom. The van der Waals surface area contributed by atoms with Crippen LogP contribution in [0.25, 0.3) is 0 Å². The quantitative estimate of drug-likeness (QED) is 0.871.